The smallest absolute Gasteiger partial charge is 0.293 e. The van der Waals surface area contributed by atoms with E-state index in [1.807, 2.05) is 6.92 Å². The van der Waals surface area contributed by atoms with Gasteiger partial charge in [0.1, 0.15) is 0 Å². The lowest BCUT2D eigenvalue weighted by molar-refractivity contribution is -0.121. The number of carbonyl (C=O) groups is 2. The molecule has 0 radical (unpaired) electrons. The van der Waals surface area contributed by atoms with Gasteiger partial charge in [-0.2, -0.15) is 0 Å². The highest BCUT2D eigenvalue weighted by Gasteiger charge is 2.31. The summed E-state index contributed by atoms with van der Waals surface area (Å²) in [5, 5.41) is 9.43. The summed E-state index contributed by atoms with van der Waals surface area (Å²) in [7, 11) is 1.44. The third kappa shape index (κ3) is 2.83. The molecule has 1 aromatic rings. The van der Waals surface area contributed by atoms with E-state index in [1.54, 1.807) is 12.1 Å². The van der Waals surface area contributed by atoms with Crippen molar-refractivity contribution >= 4 is 44.9 Å². The number of hydrogen-bond acceptors (Lipinski definition) is 5. The number of thioether (sulfide) groups is 1. The molecule has 5 nitrogen and oxygen atoms in total. The molecule has 0 bridgehead atoms. The first-order chi connectivity index (χ1) is 9.43. The zero-order valence-electron chi connectivity index (χ0n) is 10.8. The van der Waals surface area contributed by atoms with Gasteiger partial charge in [-0.3, -0.25) is 14.5 Å². The highest BCUT2D eigenvalue weighted by molar-refractivity contribution is 9.10. The lowest BCUT2D eigenvalue weighted by atomic mass is 10.2. The van der Waals surface area contributed by atoms with E-state index in [9.17, 15) is 14.7 Å². The zero-order chi connectivity index (χ0) is 14.9. The second-order valence-corrected chi connectivity index (χ2v) is 5.86. The third-order valence-electron chi connectivity index (χ3n) is 2.65. The van der Waals surface area contributed by atoms with Crippen LogP contribution in [0.25, 0.3) is 6.08 Å². The molecule has 2 amide bonds. The summed E-state index contributed by atoms with van der Waals surface area (Å²) in [6.45, 7) is 2.23. The minimum absolute atomic E-state index is 0.0134. The summed E-state index contributed by atoms with van der Waals surface area (Å²) in [5.74, 6) is 0.00934. The number of amides is 2. The second-order valence-electron chi connectivity index (χ2n) is 4.02. The van der Waals surface area contributed by atoms with Gasteiger partial charge in [0.25, 0.3) is 11.1 Å². The van der Waals surface area contributed by atoms with Crippen molar-refractivity contribution in [3.05, 3.63) is 27.1 Å². The van der Waals surface area contributed by atoms with E-state index >= 15 is 0 Å². The van der Waals surface area contributed by atoms with Crippen LogP contribution in [0.1, 0.15) is 12.5 Å². The predicted octanol–water partition coefficient (Wildman–Crippen LogP) is 3.22. The number of rotatable bonds is 3. The number of halogens is 1. The van der Waals surface area contributed by atoms with Crippen LogP contribution in [0.2, 0.25) is 0 Å². The van der Waals surface area contributed by atoms with Gasteiger partial charge in [-0.25, -0.2) is 0 Å². The van der Waals surface area contributed by atoms with Crippen molar-refractivity contribution in [1.29, 1.82) is 0 Å². The summed E-state index contributed by atoms with van der Waals surface area (Å²) in [6, 6.07) is 3.11. The third-order valence-corrected chi connectivity index (χ3v) is 4.30. The van der Waals surface area contributed by atoms with Crippen LogP contribution >= 0.6 is 27.7 Å². The molecule has 1 N–H and O–H groups in total. The Bertz CT molecular complexity index is 615. The van der Waals surface area contributed by atoms with E-state index in [1.165, 1.54) is 13.1 Å². The Morgan fingerprint density at radius 2 is 2.15 bits per heavy atom. The van der Waals surface area contributed by atoms with Crippen molar-refractivity contribution in [1.82, 2.24) is 4.90 Å². The molecule has 1 saturated heterocycles. The van der Waals surface area contributed by atoms with E-state index in [2.05, 4.69) is 15.9 Å². The maximum atomic E-state index is 11.8. The molecule has 106 valence electrons. The zero-order valence-corrected chi connectivity index (χ0v) is 13.2. The van der Waals surface area contributed by atoms with Crippen molar-refractivity contribution in [2.24, 2.45) is 0 Å². The number of likely N-dealkylation sites (N-methyl/N-ethyl adjacent to an activating group) is 1. The van der Waals surface area contributed by atoms with Gasteiger partial charge in [0.2, 0.25) is 0 Å². The maximum Gasteiger partial charge on any atom is 0.293 e. The first-order valence-electron chi connectivity index (χ1n) is 5.81. The summed E-state index contributed by atoms with van der Waals surface area (Å²) in [5.41, 5.74) is 0.658. The molecule has 0 aliphatic carbocycles. The largest absolute Gasteiger partial charge is 0.504 e. The summed E-state index contributed by atoms with van der Waals surface area (Å²) < 4.78 is 5.91. The quantitative estimate of drug-likeness (QED) is 0.841. The molecule has 20 heavy (non-hydrogen) atoms. The number of benzene rings is 1. The van der Waals surface area contributed by atoms with Gasteiger partial charge in [-0.15, -0.1) is 0 Å². The van der Waals surface area contributed by atoms with Crippen LogP contribution in [0.15, 0.2) is 21.5 Å². The van der Waals surface area contributed by atoms with Gasteiger partial charge >= 0.3 is 0 Å². The number of aromatic hydroxyl groups is 1. The SMILES string of the molecule is CCOc1cc(/C=C2\SC(=O)N(C)C2=O)c(Br)cc1O. The molecule has 1 aromatic carbocycles. The number of phenolic OH excluding ortho intramolecular Hbond substituents is 1. The van der Waals surface area contributed by atoms with E-state index in [0.717, 1.165) is 16.7 Å². The average molecular weight is 358 g/mol. The molecule has 0 unspecified atom stereocenters. The lowest BCUT2D eigenvalue weighted by Crippen LogP contribution is -2.22. The van der Waals surface area contributed by atoms with Crippen molar-refractivity contribution < 1.29 is 19.4 Å². The monoisotopic (exact) mass is 357 g/mol. The molecular weight excluding hydrogens is 346 g/mol. The van der Waals surface area contributed by atoms with Gasteiger partial charge in [0.05, 0.1) is 11.5 Å². The van der Waals surface area contributed by atoms with Gasteiger partial charge < -0.3 is 9.84 Å². The van der Waals surface area contributed by atoms with Crippen LogP contribution < -0.4 is 4.74 Å². The molecule has 2 rings (SSSR count). The Morgan fingerprint density at radius 1 is 1.45 bits per heavy atom. The molecule has 1 fully saturated rings. The van der Waals surface area contributed by atoms with Gasteiger partial charge in [-0.1, -0.05) is 15.9 Å². The normalized spacial score (nSPS) is 17.1. The fraction of sp³-hybridized carbons (Fsp3) is 0.231. The standard InChI is InChI=1S/C13H12BrNO4S/c1-3-19-10-4-7(8(14)6-9(10)16)5-11-12(17)15(2)13(18)20-11/h4-6,16H,3H2,1-2H3/b11-5-. The maximum absolute atomic E-state index is 11.8. The summed E-state index contributed by atoms with van der Waals surface area (Å²) in [4.78, 5) is 24.7. The lowest BCUT2D eigenvalue weighted by Gasteiger charge is -2.08. The van der Waals surface area contributed by atoms with Crippen molar-refractivity contribution in [2.75, 3.05) is 13.7 Å². The number of phenols is 1. The van der Waals surface area contributed by atoms with Crippen LogP contribution in [-0.2, 0) is 4.79 Å². The Kier molecular flexibility index (Phi) is 4.39. The first kappa shape index (κ1) is 14.9. The molecule has 1 heterocycles. The number of nitrogens with zero attached hydrogens (tertiary/aromatic N) is 1. The molecule has 1 aliphatic heterocycles. The highest BCUT2D eigenvalue weighted by atomic mass is 79.9. The molecule has 0 spiro atoms. The van der Waals surface area contributed by atoms with E-state index < -0.39 is 0 Å². The van der Waals surface area contributed by atoms with Gasteiger partial charge in [-0.05, 0) is 42.5 Å². The van der Waals surface area contributed by atoms with Crippen molar-refractivity contribution in [2.45, 2.75) is 6.92 Å². The van der Waals surface area contributed by atoms with Crippen molar-refractivity contribution in [3.63, 3.8) is 0 Å². The number of carbonyl (C=O) groups excluding carboxylic acids is 2. The van der Waals surface area contributed by atoms with E-state index in [4.69, 9.17) is 4.74 Å². The Balaban J connectivity index is 2.41. The fourth-order valence-corrected chi connectivity index (χ4v) is 2.89. The average Bonchev–Trinajstić information content (AvgIpc) is 2.63. The second kappa shape index (κ2) is 5.88. The van der Waals surface area contributed by atoms with Crippen LogP contribution in [0.5, 0.6) is 11.5 Å². The summed E-state index contributed by atoms with van der Waals surface area (Å²) in [6.07, 6.45) is 1.60. The minimum Gasteiger partial charge on any atom is -0.504 e. The molecule has 0 atom stereocenters. The molecule has 1 aliphatic rings. The molecule has 7 heteroatoms. The highest BCUT2D eigenvalue weighted by Crippen LogP contribution is 2.37. The number of imide groups is 1. The van der Waals surface area contributed by atoms with Crippen LogP contribution in [0, 0.1) is 0 Å². The molecule has 0 aromatic heterocycles. The van der Waals surface area contributed by atoms with E-state index in [-0.39, 0.29) is 16.9 Å². The van der Waals surface area contributed by atoms with Crippen LogP contribution in [0.4, 0.5) is 4.79 Å². The fourth-order valence-electron chi connectivity index (χ4n) is 1.63. The number of hydrogen-bond donors (Lipinski definition) is 1. The van der Waals surface area contributed by atoms with Crippen LogP contribution in [-0.4, -0.2) is 34.8 Å². The van der Waals surface area contributed by atoms with E-state index in [0.29, 0.717) is 27.3 Å². The van der Waals surface area contributed by atoms with Crippen LogP contribution in [0.3, 0.4) is 0 Å². The Morgan fingerprint density at radius 3 is 2.70 bits per heavy atom. The first-order valence-corrected chi connectivity index (χ1v) is 7.41. The minimum atomic E-state index is -0.335. The summed E-state index contributed by atoms with van der Waals surface area (Å²) >= 11 is 4.19. The van der Waals surface area contributed by atoms with Crippen molar-refractivity contribution in [3.8, 4) is 11.5 Å². The molecule has 0 saturated carbocycles. The molecular formula is C13H12BrNO4S. The number of ether oxygens (including phenoxy) is 1. The topological polar surface area (TPSA) is 66.8 Å². The Labute approximate surface area is 128 Å². The van der Waals surface area contributed by atoms with Gasteiger partial charge in [0, 0.05) is 11.5 Å². The Hall–Kier alpha value is -1.47. The predicted molar refractivity (Wildman–Crippen MR) is 80.7 cm³/mol. The van der Waals surface area contributed by atoms with Gasteiger partial charge in [0.15, 0.2) is 11.5 Å².